The number of rotatable bonds is 2. The minimum Gasteiger partial charge on any atom is -0.292 e. The van der Waals surface area contributed by atoms with Gasteiger partial charge in [0.1, 0.15) is 11.6 Å². The van der Waals surface area contributed by atoms with Crippen molar-refractivity contribution in [3.05, 3.63) is 42.2 Å². The van der Waals surface area contributed by atoms with Gasteiger partial charge in [0.2, 0.25) is 0 Å². The highest BCUT2D eigenvalue weighted by atomic mass is 35.5. The summed E-state index contributed by atoms with van der Waals surface area (Å²) in [5.41, 5.74) is 2.27. The molecule has 2 aromatic heterocycles. The first-order chi connectivity index (χ1) is 9.06. The number of benzene rings is 1. The molecule has 0 aliphatic heterocycles. The van der Waals surface area contributed by atoms with Gasteiger partial charge in [-0.3, -0.25) is 9.25 Å². The van der Waals surface area contributed by atoms with Crippen molar-refractivity contribution in [2.24, 2.45) is 7.05 Å². The van der Waals surface area contributed by atoms with Gasteiger partial charge in [0.25, 0.3) is 0 Å². The third-order valence-electron chi connectivity index (χ3n) is 2.95. The SMILES string of the molecule is CC(Cl)c1nc2cc(F)ccc2n1-c1cnn(C)c1. The van der Waals surface area contributed by atoms with Crippen LogP contribution >= 0.6 is 11.6 Å². The molecule has 1 aromatic carbocycles. The number of hydrogen-bond acceptors (Lipinski definition) is 2. The lowest BCUT2D eigenvalue weighted by Gasteiger charge is -2.07. The van der Waals surface area contributed by atoms with Crippen LogP contribution in [0.25, 0.3) is 16.7 Å². The molecule has 0 bridgehead atoms. The molecule has 0 saturated carbocycles. The average Bonchev–Trinajstić information content (AvgIpc) is 2.91. The number of halogens is 2. The molecule has 4 nitrogen and oxygen atoms in total. The molecule has 1 unspecified atom stereocenters. The van der Waals surface area contributed by atoms with Crippen LogP contribution in [0.15, 0.2) is 30.6 Å². The first kappa shape index (κ1) is 12.2. The maximum atomic E-state index is 13.3. The van der Waals surface area contributed by atoms with Crippen molar-refractivity contribution < 1.29 is 4.39 Å². The van der Waals surface area contributed by atoms with Gasteiger partial charge in [-0.2, -0.15) is 5.10 Å². The molecule has 0 saturated heterocycles. The van der Waals surface area contributed by atoms with Gasteiger partial charge in [-0.05, 0) is 19.1 Å². The molecule has 3 aromatic rings. The van der Waals surface area contributed by atoms with Gasteiger partial charge in [-0.15, -0.1) is 11.6 Å². The lowest BCUT2D eigenvalue weighted by molar-refractivity contribution is 0.629. The summed E-state index contributed by atoms with van der Waals surface area (Å²) < 4.78 is 16.9. The predicted octanol–water partition coefficient (Wildman–Crippen LogP) is 3.20. The van der Waals surface area contributed by atoms with Gasteiger partial charge in [0, 0.05) is 19.3 Å². The van der Waals surface area contributed by atoms with E-state index in [1.54, 1.807) is 16.9 Å². The van der Waals surface area contributed by atoms with Crippen molar-refractivity contribution in [3.8, 4) is 5.69 Å². The van der Waals surface area contributed by atoms with Crippen LogP contribution in [-0.2, 0) is 7.05 Å². The van der Waals surface area contributed by atoms with E-state index < -0.39 is 0 Å². The van der Waals surface area contributed by atoms with Crippen molar-refractivity contribution in [1.82, 2.24) is 19.3 Å². The van der Waals surface area contributed by atoms with Crippen molar-refractivity contribution in [3.63, 3.8) is 0 Å². The van der Waals surface area contributed by atoms with Crippen LogP contribution in [0.1, 0.15) is 18.1 Å². The van der Waals surface area contributed by atoms with E-state index in [1.807, 2.05) is 24.7 Å². The first-order valence-corrected chi connectivity index (χ1v) is 6.31. The Balaban J connectivity index is 2.34. The fraction of sp³-hybridized carbons (Fsp3) is 0.231. The molecular formula is C13H12ClFN4. The summed E-state index contributed by atoms with van der Waals surface area (Å²) in [7, 11) is 1.84. The Labute approximate surface area is 114 Å². The molecule has 0 N–H and O–H groups in total. The number of imidazole rings is 1. The number of alkyl halides is 1. The summed E-state index contributed by atoms with van der Waals surface area (Å²) in [4.78, 5) is 4.41. The molecule has 6 heteroatoms. The van der Waals surface area contributed by atoms with Crippen molar-refractivity contribution in [1.29, 1.82) is 0 Å². The van der Waals surface area contributed by atoms with E-state index in [9.17, 15) is 4.39 Å². The Morgan fingerprint density at radius 2 is 2.16 bits per heavy atom. The first-order valence-electron chi connectivity index (χ1n) is 5.87. The smallest absolute Gasteiger partial charge is 0.132 e. The van der Waals surface area contributed by atoms with Gasteiger partial charge in [-0.25, -0.2) is 9.37 Å². The van der Waals surface area contributed by atoms with E-state index >= 15 is 0 Å². The highest BCUT2D eigenvalue weighted by Crippen LogP contribution is 2.28. The van der Waals surface area contributed by atoms with Crippen molar-refractivity contribution in [2.45, 2.75) is 12.3 Å². The largest absolute Gasteiger partial charge is 0.292 e. The fourth-order valence-corrected chi connectivity index (χ4v) is 2.28. The number of fused-ring (bicyclic) bond motifs is 1. The van der Waals surface area contributed by atoms with E-state index in [4.69, 9.17) is 11.6 Å². The summed E-state index contributed by atoms with van der Waals surface area (Å²) in [6.45, 7) is 1.84. The zero-order chi connectivity index (χ0) is 13.6. The summed E-state index contributed by atoms with van der Waals surface area (Å²) in [5.74, 6) is 0.368. The van der Waals surface area contributed by atoms with Gasteiger partial charge >= 0.3 is 0 Å². The molecule has 0 amide bonds. The topological polar surface area (TPSA) is 35.6 Å². The number of aromatic nitrogens is 4. The Morgan fingerprint density at radius 1 is 1.37 bits per heavy atom. The lowest BCUT2D eigenvalue weighted by Crippen LogP contribution is -2.00. The zero-order valence-corrected chi connectivity index (χ0v) is 11.3. The molecule has 0 aliphatic rings. The Kier molecular flexibility index (Phi) is 2.78. The highest BCUT2D eigenvalue weighted by molar-refractivity contribution is 6.20. The van der Waals surface area contributed by atoms with E-state index in [0.717, 1.165) is 11.2 Å². The van der Waals surface area contributed by atoms with E-state index in [0.29, 0.717) is 11.3 Å². The molecule has 1 atom stereocenters. The summed E-state index contributed by atoms with van der Waals surface area (Å²) in [6, 6.07) is 4.53. The van der Waals surface area contributed by atoms with E-state index in [2.05, 4.69) is 10.1 Å². The molecule has 19 heavy (non-hydrogen) atoms. The number of hydrogen-bond donors (Lipinski definition) is 0. The zero-order valence-electron chi connectivity index (χ0n) is 10.5. The van der Waals surface area contributed by atoms with Crippen molar-refractivity contribution in [2.75, 3.05) is 0 Å². The predicted molar refractivity (Wildman–Crippen MR) is 72.1 cm³/mol. The second-order valence-electron chi connectivity index (χ2n) is 4.43. The summed E-state index contributed by atoms with van der Waals surface area (Å²) in [5, 5.41) is 3.87. The van der Waals surface area contributed by atoms with Gasteiger partial charge in [-0.1, -0.05) is 0 Å². The van der Waals surface area contributed by atoms with Crippen LogP contribution < -0.4 is 0 Å². The van der Waals surface area contributed by atoms with E-state index in [1.165, 1.54) is 12.1 Å². The quantitative estimate of drug-likeness (QED) is 0.675. The Hall–Kier alpha value is -1.88. The molecule has 0 fully saturated rings. The molecule has 0 aliphatic carbocycles. The second kappa shape index (κ2) is 4.35. The fourth-order valence-electron chi connectivity index (χ4n) is 2.13. The molecule has 0 radical (unpaired) electrons. The monoisotopic (exact) mass is 278 g/mol. The average molecular weight is 279 g/mol. The molecule has 2 heterocycles. The van der Waals surface area contributed by atoms with Gasteiger partial charge in [0.05, 0.1) is 28.3 Å². The molecule has 98 valence electrons. The normalized spacial score (nSPS) is 13.1. The van der Waals surface area contributed by atoms with Gasteiger partial charge < -0.3 is 0 Å². The van der Waals surface area contributed by atoms with Gasteiger partial charge in [0.15, 0.2) is 0 Å². The van der Waals surface area contributed by atoms with Crippen LogP contribution in [0.3, 0.4) is 0 Å². The standard InChI is InChI=1S/C13H12ClFN4/c1-8(14)13-17-11-5-9(15)3-4-12(11)19(13)10-6-16-18(2)7-10/h3-8H,1-2H3. The Bertz CT molecular complexity index is 744. The van der Waals surface area contributed by atoms with Crippen LogP contribution in [0.5, 0.6) is 0 Å². The second-order valence-corrected chi connectivity index (χ2v) is 5.08. The molecular weight excluding hydrogens is 267 g/mol. The maximum Gasteiger partial charge on any atom is 0.132 e. The third-order valence-corrected chi connectivity index (χ3v) is 3.14. The van der Waals surface area contributed by atoms with E-state index in [-0.39, 0.29) is 11.2 Å². The number of aryl methyl sites for hydroxylation is 1. The maximum absolute atomic E-state index is 13.3. The third kappa shape index (κ3) is 2.00. The minimum absolute atomic E-state index is 0.282. The highest BCUT2D eigenvalue weighted by Gasteiger charge is 2.17. The van der Waals surface area contributed by atoms with Crippen LogP contribution in [0.2, 0.25) is 0 Å². The van der Waals surface area contributed by atoms with Crippen LogP contribution in [-0.4, -0.2) is 19.3 Å². The van der Waals surface area contributed by atoms with Crippen molar-refractivity contribution >= 4 is 22.6 Å². The Morgan fingerprint density at radius 3 is 2.79 bits per heavy atom. The summed E-state index contributed by atoms with van der Waals surface area (Å²) in [6.07, 6.45) is 3.60. The number of nitrogens with zero attached hydrogens (tertiary/aromatic N) is 4. The summed E-state index contributed by atoms with van der Waals surface area (Å²) >= 11 is 6.17. The molecule has 0 spiro atoms. The van der Waals surface area contributed by atoms with Crippen LogP contribution in [0.4, 0.5) is 4.39 Å². The lowest BCUT2D eigenvalue weighted by atomic mass is 10.3. The van der Waals surface area contributed by atoms with Crippen LogP contribution in [0, 0.1) is 5.82 Å². The molecule has 3 rings (SSSR count). The minimum atomic E-state index is -0.308.